The lowest BCUT2D eigenvalue weighted by Crippen LogP contribution is -2.47. The summed E-state index contributed by atoms with van der Waals surface area (Å²) in [6, 6.07) is 0.0958. The Morgan fingerprint density at radius 3 is 2.43 bits per heavy atom. The molecule has 5 heteroatoms. The van der Waals surface area contributed by atoms with Gasteiger partial charge in [0, 0.05) is 20.4 Å². The highest BCUT2D eigenvalue weighted by Crippen LogP contribution is 2.34. The number of methoxy groups -OCH3 is 1. The van der Waals surface area contributed by atoms with Gasteiger partial charge in [-0.25, -0.2) is 0 Å². The summed E-state index contributed by atoms with van der Waals surface area (Å²) in [7, 11) is 3.78. The average molecular weight is 391 g/mol. The van der Waals surface area contributed by atoms with Crippen molar-refractivity contribution in [2.75, 3.05) is 14.2 Å². The minimum atomic E-state index is -0.297. The molecule has 0 aromatic carbocycles. The molecule has 0 saturated carbocycles. The van der Waals surface area contributed by atoms with Gasteiger partial charge in [0.2, 0.25) is 0 Å². The number of nitrogens with one attached hydrogen (secondary N) is 2. The molecule has 3 unspecified atom stereocenters. The van der Waals surface area contributed by atoms with Crippen molar-refractivity contribution in [3.63, 3.8) is 0 Å². The molecule has 0 spiro atoms. The molecule has 1 aliphatic carbocycles. The maximum Gasteiger partial charge on any atom is 0.127 e. The van der Waals surface area contributed by atoms with Crippen molar-refractivity contribution in [3.05, 3.63) is 47.6 Å². The Labute approximate surface area is 173 Å². The molecular formula is C23H42N4O. The topological polar surface area (TPSA) is 48.9 Å². The second-order valence-corrected chi connectivity index (χ2v) is 6.55. The number of allylic oxidation sites excluding steroid dienone is 2. The van der Waals surface area contributed by atoms with Crippen LogP contribution in [0.2, 0.25) is 0 Å². The fourth-order valence-electron chi connectivity index (χ4n) is 3.01. The van der Waals surface area contributed by atoms with Gasteiger partial charge in [-0.2, -0.15) is 0 Å². The molecule has 0 saturated heterocycles. The first-order valence-corrected chi connectivity index (χ1v) is 10.6. The number of likely N-dealkylation sites (N-methyl/N-ethyl adjacent to an activating group) is 1. The second-order valence-electron chi connectivity index (χ2n) is 6.55. The lowest BCUT2D eigenvalue weighted by molar-refractivity contribution is 0.120. The molecule has 2 heterocycles. The molecule has 0 fully saturated rings. The van der Waals surface area contributed by atoms with Crippen LogP contribution in [0.25, 0.3) is 0 Å². The first-order chi connectivity index (χ1) is 13.4. The number of fused-ring (bicyclic) bond motifs is 1. The summed E-state index contributed by atoms with van der Waals surface area (Å²) in [6.07, 6.45) is 13.6. The normalized spacial score (nSPS) is 26.5. The van der Waals surface area contributed by atoms with E-state index in [2.05, 4.69) is 78.7 Å². The maximum atomic E-state index is 5.58. The predicted octanol–water partition coefficient (Wildman–Crippen LogP) is 4.96. The van der Waals surface area contributed by atoms with Crippen molar-refractivity contribution in [1.29, 1.82) is 0 Å². The second kappa shape index (κ2) is 13.2. The third-order valence-corrected chi connectivity index (χ3v) is 4.16. The third-order valence-electron chi connectivity index (χ3n) is 4.16. The summed E-state index contributed by atoms with van der Waals surface area (Å²) in [4.78, 5) is 6.64. The maximum absolute atomic E-state index is 5.58. The SMILES string of the molecule is CC.CC.CCC.COC1C=C(C)C=CC1NC1=C2N(C)C=CC2(C)N=CN1. The van der Waals surface area contributed by atoms with E-state index in [0.717, 1.165) is 11.5 Å². The molecule has 0 radical (unpaired) electrons. The summed E-state index contributed by atoms with van der Waals surface area (Å²) >= 11 is 0. The van der Waals surface area contributed by atoms with Crippen LogP contribution in [0.5, 0.6) is 0 Å². The van der Waals surface area contributed by atoms with E-state index >= 15 is 0 Å². The van der Waals surface area contributed by atoms with Gasteiger partial charge in [0.1, 0.15) is 11.4 Å². The molecular weight excluding hydrogens is 348 g/mol. The number of nitrogens with zero attached hydrogens (tertiary/aromatic N) is 2. The van der Waals surface area contributed by atoms with Crippen LogP contribution in [0.1, 0.15) is 61.8 Å². The van der Waals surface area contributed by atoms with Gasteiger partial charge in [-0.15, -0.1) is 0 Å². The third kappa shape index (κ3) is 6.55. The van der Waals surface area contributed by atoms with E-state index in [4.69, 9.17) is 4.74 Å². The van der Waals surface area contributed by atoms with E-state index in [1.165, 1.54) is 12.0 Å². The van der Waals surface area contributed by atoms with Crippen LogP contribution in [0.4, 0.5) is 0 Å². The molecule has 3 atom stereocenters. The fraction of sp³-hybridized carbons (Fsp3) is 0.609. The number of rotatable bonds is 3. The van der Waals surface area contributed by atoms with Gasteiger partial charge in [-0.3, -0.25) is 4.99 Å². The minimum Gasteiger partial charge on any atom is -0.375 e. The van der Waals surface area contributed by atoms with Gasteiger partial charge < -0.3 is 20.3 Å². The Morgan fingerprint density at radius 1 is 1.25 bits per heavy atom. The van der Waals surface area contributed by atoms with Crippen molar-refractivity contribution in [1.82, 2.24) is 15.5 Å². The Hall–Kier alpha value is -2.01. The molecule has 28 heavy (non-hydrogen) atoms. The summed E-state index contributed by atoms with van der Waals surface area (Å²) in [5, 5.41) is 6.78. The molecule has 0 bridgehead atoms. The highest BCUT2D eigenvalue weighted by Gasteiger charge is 2.38. The van der Waals surface area contributed by atoms with Gasteiger partial charge in [-0.05, 0) is 19.9 Å². The van der Waals surface area contributed by atoms with E-state index in [-0.39, 0.29) is 17.7 Å². The zero-order valence-corrected chi connectivity index (χ0v) is 19.6. The zero-order valence-electron chi connectivity index (χ0n) is 19.6. The van der Waals surface area contributed by atoms with Gasteiger partial charge in [0.15, 0.2) is 0 Å². The first kappa shape index (κ1) is 26.0. The minimum absolute atomic E-state index is 0.0229. The molecule has 2 aliphatic heterocycles. The average Bonchev–Trinajstić information content (AvgIpc) is 3.02. The smallest absolute Gasteiger partial charge is 0.127 e. The molecule has 0 amide bonds. The van der Waals surface area contributed by atoms with Crippen molar-refractivity contribution >= 4 is 6.34 Å². The van der Waals surface area contributed by atoms with E-state index < -0.39 is 0 Å². The van der Waals surface area contributed by atoms with E-state index in [9.17, 15) is 0 Å². The van der Waals surface area contributed by atoms with E-state index in [1.54, 1.807) is 13.4 Å². The summed E-state index contributed by atoms with van der Waals surface area (Å²) in [5.41, 5.74) is 2.05. The van der Waals surface area contributed by atoms with Crippen molar-refractivity contribution in [3.8, 4) is 0 Å². The molecule has 5 nitrogen and oxygen atoms in total. The van der Waals surface area contributed by atoms with Crippen molar-refractivity contribution in [2.24, 2.45) is 4.99 Å². The molecule has 3 aliphatic rings. The number of hydrogen-bond donors (Lipinski definition) is 2. The van der Waals surface area contributed by atoms with Gasteiger partial charge in [0.25, 0.3) is 0 Å². The quantitative estimate of drug-likeness (QED) is 0.715. The lowest BCUT2D eigenvalue weighted by atomic mass is 9.98. The van der Waals surface area contributed by atoms with Crippen LogP contribution in [0.15, 0.2) is 52.6 Å². The highest BCUT2D eigenvalue weighted by molar-refractivity contribution is 5.64. The van der Waals surface area contributed by atoms with E-state index in [0.29, 0.717) is 0 Å². The van der Waals surface area contributed by atoms with E-state index in [1.807, 2.05) is 34.7 Å². The molecule has 0 aromatic rings. The van der Waals surface area contributed by atoms with Gasteiger partial charge in [-0.1, -0.05) is 71.8 Å². The number of ether oxygens (including phenoxy) is 1. The number of hydrogen-bond acceptors (Lipinski definition) is 5. The molecule has 160 valence electrons. The first-order valence-electron chi connectivity index (χ1n) is 10.6. The van der Waals surface area contributed by atoms with Gasteiger partial charge >= 0.3 is 0 Å². The van der Waals surface area contributed by atoms with Crippen LogP contribution in [-0.2, 0) is 4.74 Å². The fourth-order valence-corrected chi connectivity index (χ4v) is 3.01. The molecule has 0 aromatic heterocycles. The van der Waals surface area contributed by atoms with Crippen LogP contribution < -0.4 is 10.6 Å². The Bertz CT molecular complexity index is 604. The Kier molecular flexibility index (Phi) is 12.3. The summed E-state index contributed by atoms with van der Waals surface area (Å²) in [5.74, 6) is 0.977. The Balaban J connectivity index is 0.000000930. The number of aliphatic imine (C=N–C) groups is 1. The standard InChI is InChI=1S/C16H22N4O.C3H8.2C2H6/c1-11-5-6-12(13(9-11)21-4)19-15-14-16(2,18-10-17-15)7-8-20(14)3;1-3-2;2*1-2/h5-10,12-13,19H,1-4H3,(H,17,18);3H2,1-2H3;2*1-2H3. The highest BCUT2D eigenvalue weighted by atomic mass is 16.5. The van der Waals surface area contributed by atoms with Crippen molar-refractivity contribution < 1.29 is 4.74 Å². The molecule has 2 N–H and O–H groups in total. The largest absolute Gasteiger partial charge is 0.375 e. The monoisotopic (exact) mass is 390 g/mol. The lowest BCUT2D eigenvalue weighted by Gasteiger charge is -2.34. The predicted molar refractivity (Wildman–Crippen MR) is 123 cm³/mol. The van der Waals surface area contributed by atoms with Crippen LogP contribution in [0.3, 0.4) is 0 Å². The summed E-state index contributed by atoms with van der Waals surface area (Å²) < 4.78 is 5.58. The van der Waals surface area contributed by atoms with Crippen LogP contribution >= 0.6 is 0 Å². The van der Waals surface area contributed by atoms with Crippen molar-refractivity contribution in [2.45, 2.75) is 79.5 Å². The van der Waals surface area contributed by atoms with Crippen LogP contribution in [0, 0.1) is 0 Å². The van der Waals surface area contributed by atoms with Crippen LogP contribution in [-0.4, -0.2) is 43.1 Å². The van der Waals surface area contributed by atoms with Gasteiger partial charge in [0.05, 0.1) is 24.2 Å². The Morgan fingerprint density at radius 2 is 1.86 bits per heavy atom. The summed E-state index contributed by atoms with van der Waals surface area (Å²) in [6.45, 7) is 16.4. The molecule has 3 rings (SSSR count). The zero-order chi connectivity index (χ0) is 21.7.